The average Bonchev–Trinajstić information content (AvgIpc) is 3.04. The quantitative estimate of drug-likeness (QED) is 0.240. The highest BCUT2D eigenvalue weighted by molar-refractivity contribution is 9.10. The second-order valence-electron chi connectivity index (χ2n) is 7.70. The second-order valence-corrected chi connectivity index (χ2v) is 10.8. The number of carbonyl (C=O) groups excluding carboxylic acids is 2. The van der Waals surface area contributed by atoms with Crippen molar-refractivity contribution < 1.29 is 27.9 Å². The van der Waals surface area contributed by atoms with Crippen LogP contribution in [-0.2, 0) is 24.3 Å². The number of ether oxygens (including phenoxy) is 1. The van der Waals surface area contributed by atoms with E-state index in [2.05, 4.69) is 15.9 Å². The van der Waals surface area contributed by atoms with E-state index in [9.17, 15) is 23.1 Å². The van der Waals surface area contributed by atoms with Crippen LogP contribution in [0.2, 0.25) is 0 Å². The Hall–Kier alpha value is -2.53. The van der Waals surface area contributed by atoms with E-state index in [0.29, 0.717) is 18.6 Å². The van der Waals surface area contributed by atoms with Gasteiger partial charge < -0.3 is 14.7 Å². The monoisotopic (exact) mass is 536 g/mol. The van der Waals surface area contributed by atoms with E-state index in [0.717, 1.165) is 8.78 Å². The van der Waals surface area contributed by atoms with Crippen LogP contribution >= 0.6 is 15.9 Å². The topological polar surface area (TPSA) is 104 Å². The highest BCUT2D eigenvalue weighted by atomic mass is 79.9. The van der Waals surface area contributed by atoms with Crippen molar-refractivity contribution in [2.45, 2.75) is 17.4 Å². The Kier molecular flexibility index (Phi) is 7.73. The summed E-state index contributed by atoms with van der Waals surface area (Å²) < 4.78 is 31.7. The number of amides is 1. The molecular weight excluding hydrogens is 512 g/mol. The van der Waals surface area contributed by atoms with Gasteiger partial charge in [0.15, 0.2) is 0 Å². The lowest BCUT2D eigenvalue weighted by Crippen LogP contribution is -2.31. The van der Waals surface area contributed by atoms with E-state index in [1.165, 1.54) is 43.3 Å². The predicted octanol–water partition coefficient (Wildman–Crippen LogP) is 3.16. The number of methoxy groups -OCH3 is 1. The van der Waals surface area contributed by atoms with Crippen molar-refractivity contribution in [3.63, 3.8) is 0 Å². The fourth-order valence-electron chi connectivity index (χ4n) is 3.63. The average molecular weight is 537 g/mol. The zero-order valence-corrected chi connectivity index (χ0v) is 20.9. The molecule has 176 valence electrons. The molecule has 2 aromatic carbocycles. The lowest BCUT2D eigenvalue weighted by molar-refractivity contribution is -0.140. The smallest absolute Gasteiger partial charge is 0.295 e. The molecule has 0 bridgehead atoms. The van der Waals surface area contributed by atoms with Crippen molar-refractivity contribution in [3.8, 4) is 0 Å². The molecule has 0 saturated carbocycles. The maximum atomic E-state index is 13.0. The van der Waals surface area contributed by atoms with Gasteiger partial charge >= 0.3 is 0 Å². The third-order valence-corrected chi connectivity index (χ3v) is 7.74. The molecule has 0 radical (unpaired) electrons. The van der Waals surface area contributed by atoms with Crippen LogP contribution in [0.1, 0.15) is 23.6 Å². The fourth-order valence-corrected chi connectivity index (χ4v) is 4.80. The van der Waals surface area contributed by atoms with Crippen molar-refractivity contribution in [3.05, 3.63) is 69.7 Å². The van der Waals surface area contributed by atoms with Crippen LogP contribution < -0.4 is 0 Å². The van der Waals surface area contributed by atoms with Gasteiger partial charge in [-0.25, -0.2) is 12.7 Å². The highest BCUT2D eigenvalue weighted by Gasteiger charge is 2.45. The minimum Gasteiger partial charge on any atom is -0.507 e. The van der Waals surface area contributed by atoms with Crippen molar-refractivity contribution in [1.29, 1.82) is 0 Å². The van der Waals surface area contributed by atoms with Gasteiger partial charge in [0, 0.05) is 44.4 Å². The molecule has 1 heterocycles. The van der Waals surface area contributed by atoms with Gasteiger partial charge in [-0.1, -0.05) is 28.1 Å². The Balaban J connectivity index is 2.09. The summed E-state index contributed by atoms with van der Waals surface area (Å²) in [7, 11) is 0.755. The molecule has 1 atom stereocenters. The molecule has 8 nitrogen and oxygen atoms in total. The summed E-state index contributed by atoms with van der Waals surface area (Å²) in [6, 6.07) is 11.9. The number of carbonyl (C=O) groups is 2. The molecule has 1 N–H and O–H groups in total. The summed E-state index contributed by atoms with van der Waals surface area (Å²) >= 11 is 3.38. The molecule has 0 aliphatic carbocycles. The summed E-state index contributed by atoms with van der Waals surface area (Å²) in [6.07, 6.45) is 0.522. The molecule has 2 aromatic rings. The number of hydrogen-bond donors (Lipinski definition) is 1. The van der Waals surface area contributed by atoms with Gasteiger partial charge in [-0.3, -0.25) is 9.59 Å². The van der Waals surface area contributed by atoms with E-state index in [1.807, 2.05) is 0 Å². The number of halogens is 1. The van der Waals surface area contributed by atoms with Gasteiger partial charge in [-0.2, -0.15) is 0 Å². The maximum absolute atomic E-state index is 13.0. The van der Waals surface area contributed by atoms with Crippen molar-refractivity contribution in [1.82, 2.24) is 9.21 Å². The first-order valence-corrected chi connectivity index (χ1v) is 12.4. The van der Waals surface area contributed by atoms with E-state index >= 15 is 0 Å². The molecule has 1 aliphatic heterocycles. The van der Waals surface area contributed by atoms with Crippen molar-refractivity contribution >= 4 is 43.4 Å². The number of rotatable bonds is 8. The van der Waals surface area contributed by atoms with Gasteiger partial charge in [0.1, 0.15) is 5.76 Å². The number of aliphatic hydroxyl groups excluding tert-OH is 1. The van der Waals surface area contributed by atoms with Crippen LogP contribution in [0.5, 0.6) is 0 Å². The van der Waals surface area contributed by atoms with E-state index < -0.39 is 27.8 Å². The number of sulfonamides is 1. The van der Waals surface area contributed by atoms with Gasteiger partial charge in [0.05, 0.1) is 16.5 Å². The van der Waals surface area contributed by atoms with Crippen LogP contribution in [0.15, 0.2) is 63.5 Å². The molecule has 3 rings (SSSR count). The Bertz CT molecular complexity index is 1170. The number of hydrogen-bond acceptors (Lipinski definition) is 6. The first-order valence-electron chi connectivity index (χ1n) is 10.2. The van der Waals surface area contributed by atoms with Gasteiger partial charge in [-0.15, -0.1) is 0 Å². The number of Topliss-reactive ketones (excluding diaryl/α,β-unsaturated/α-hetero) is 1. The first kappa shape index (κ1) is 25.1. The summed E-state index contributed by atoms with van der Waals surface area (Å²) in [5, 5.41) is 11.1. The predicted molar refractivity (Wildman–Crippen MR) is 127 cm³/mol. The third-order valence-electron chi connectivity index (χ3n) is 5.38. The molecule has 1 aliphatic rings. The standard InChI is InChI=1S/C23H25BrN2O6S/c1-25(2)33(30,31)18-11-7-16(8-12-18)21(27)19-20(15-5-9-17(24)10-6-15)26(13-4-14-32-3)23(29)22(19)28/h5-12,20,27H,4,13-14H2,1-3H3. The molecule has 0 aromatic heterocycles. The Morgan fingerprint density at radius 3 is 2.24 bits per heavy atom. The van der Waals surface area contributed by atoms with Crippen LogP contribution in [0.4, 0.5) is 0 Å². The van der Waals surface area contributed by atoms with Crippen LogP contribution in [0.3, 0.4) is 0 Å². The number of ketones is 1. The number of benzene rings is 2. The third kappa shape index (κ3) is 5.03. The van der Waals surface area contributed by atoms with Crippen LogP contribution in [0.25, 0.3) is 5.76 Å². The first-order chi connectivity index (χ1) is 15.6. The molecule has 0 spiro atoms. The molecule has 1 amide bonds. The number of likely N-dealkylation sites (tertiary alicyclic amines) is 1. The van der Waals surface area contributed by atoms with Gasteiger partial charge in [0.25, 0.3) is 11.7 Å². The second kappa shape index (κ2) is 10.2. The van der Waals surface area contributed by atoms with E-state index in [-0.39, 0.29) is 28.3 Å². The van der Waals surface area contributed by atoms with Crippen LogP contribution in [-0.4, -0.2) is 68.8 Å². The van der Waals surface area contributed by atoms with E-state index in [1.54, 1.807) is 31.4 Å². The highest BCUT2D eigenvalue weighted by Crippen LogP contribution is 2.39. The molecule has 33 heavy (non-hydrogen) atoms. The summed E-state index contributed by atoms with van der Waals surface area (Å²) in [4.78, 5) is 27.3. The molecule has 10 heteroatoms. The van der Waals surface area contributed by atoms with E-state index in [4.69, 9.17) is 4.74 Å². The van der Waals surface area contributed by atoms with Crippen molar-refractivity contribution in [2.75, 3.05) is 34.4 Å². The minimum atomic E-state index is -3.65. The Morgan fingerprint density at radius 2 is 1.70 bits per heavy atom. The Labute approximate surface area is 201 Å². The summed E-state index contributed by atoms with van der Waals surface area (Å²) in [5.41, 5.74) is 0.871. The normalized spacial score (nSPS) is 18.3. The van der Waals surface area contributed by atoms with Gasteiger partial charge in [-0.05, 0) is 48.4 Å². The SMILES string of the molecule is COCCCN1C(=O)C(=O)C(=C(O)c2ccc(S(=O)(=O)N(C)C)cc2)C1c1ccc(Br)cc1. The number of aliphatic hydroxyl groups is 1. The largest absolute Gasteiger partial charge is 0.507 e. The van der Waals surface area contributed by atoms with Crippen molar-refractivity contribution in [2.24, 2.45) is 0 Å². The summed E-state index contributed by atoms with van der Waals surface area (Å²) in [5.74, 6) is -1.85. The summed E-state index contributed by atoms with van der Waals surface area (Å²) in [6.45, 7) is 0.688. The maximum Gasteiger partial charge on any atom is 0.295 e. The Morgan fingerprint density at radius 1 is 1.09 bits per heavy atom. The molecule has 1 saturated heterocycles. The molecule has 1 fully saturated rings. The molecule has 1 unspecified atom stereocenters. The fraction of sp³-hybridized carbons (Fsp3) is 0.304. The van der Waals surface area contributed by atoms with Crippen LogP contribution in [0, 0.1) is 0 Å². The lowest BCUT2D eigenvalue weighted by atomic mass is 9.95. The zero-order chi connectivity index (χ0) is 24.3. The molecular formula is C23H25BrN2O6S. The number of nitrogens with zero attached hydrogens (tertiary/aromatic N) is 2. The zero-order valence-electron chi connectivity index (χ0n) is 18.5. The lowest BCUT2D eigenvalue weighted by Gasteiger charge is -2.25. The van der Waals surface area contributed by atoms with Gasteiger partial charge in [0.2, 0.25) is 10.0 Å². The minimum absolute atomic E-state index is 0.0389.